The number of benzene rings is 1. The molecule has 0 spiro atoms. The molecule has 5 aromatic heterocycles. The molecule has 0 aliphatic heterocycles. The van der Waals surface area contributed by atoms with Crippen LogP contribution in [0.1, 0.15) is 17.2 Å². The van der Waals surface area contributed by atoms with Gasteiger partial charge in [-0.05, 0) is 50.6 Å². The molecule has 0 unspecified atom stereocenters. The van der Waals surface area contributed by atoms with Crippen LogP contribution in [-0.4, -0.2) is 35.1 Å². The van der Waals surface area contributed by atoms with Gasteiger partial charge in [0.15, 0.2) is 5.65 Å². The van der Waals surface area contributed by atoms with E-state index in [1.165, 1.54) is 0 Å². The van der Waals surface area contributed by atoms with Crippen molar-refractivity contribution >= 4 is 33.0 Å². The number of aryl methyl sites for hydroxylation is 3. The number of para-hydroxylation sites is 1. The maximum Gasteiger partial charge on any atom is 0.257 e. The van der Waals surface area contributed by atoms with E-state index in [4.69, 9.17) is 4.52 Å². The fraction of sp³-hybridized carbons (Fsp3) is 0.125. The topological polar surface area (TPSA) is 103 Å². The first-order chi connectivity index (χ1) is 15.6. The average molecular weight is 423 g/mol. The molecule has 0 N–H and O–H groups in total. The van der Waals surface area contributed by atoms with E-state index >= 15 is 0 Å². The molecule has 0 bridgehead atoms. The summed E-state index contributed by atoms with van der Waals surface area (Å²) in [7, 11) is 0. The number of fused-ring (bicyclic) bond motifs is 3. The van der Waals surface area contributed by atoms with Crippen molar-refractivity contribution in [3.63, 3.8) is 0 Å². The van der Waals surface area contributed by atoms with Gasteiger partial charge in [0.1, 0.15) is 11.6 Å². The monoisotopic (exact) mass is 423 g/mol. The van der Waals surface area contributed by atoms with Crippen LogP contribution in [-0.2, 0) is 0 Å². The van der Waals surface area contributed by atoms with E-state index in [9.17, 15) is 0 Å². The van der Waals surface area contributed by atoms with E-state index in [1.807, 2.05) is 69.4 Å². The molecule has 32 heavy (non-hydrogen) atoms. The van der Waals surface area contributed by atoms with Gasteiger partial charge in [-0.2, -0.15) is 0 Å². The van der Waals surface area contributed by atoms with Crippen molar-refractivity contribution < 1.29 is 4.52 Å². The Morgan fingerprint density at radius 2 is 1.41 bits per heavy atom. The standard InChI is InChI=1S/C9H8N2.C8H7N3.C7H6N2O/c1-7-10-6-8-4-2-3-5-9(8)11-7;1-6-10-5-7-3-2-4-9-8(7)11-6;1-5-2-3-8-7-6(5)4-9-10-7/h2-6H,1H3;2-5H,1H3;2-4H,1H3. The summed E-state index contributed by atoms with van der Waals surface area (Å²) >= 11 is 0. The van der Waals surface area contributed by atoms with Crippen molar-refractivity contribution in [2.75, 3.05) is 0 Å². The summed E-state index contributed by atoms with van der Waals surface area (Å²) in [4.78, 5) is 24.6. The Balaban J connectivity index is 0.000000115. The van der Waals surface area contributed by atoms with E-state index in [2.05, 4.69) is 35.1 Å². The first kappa shape index (κ1) is 20.9. The maximum absolute atomic E-state index is 4.84. The molecule has 0 fully saturated rings. The van der Waals surface area contributed by atoms with Crippen LogP contribution in [0.4, 0.5) is 0 Å². The Kier molecular flexibility index (Phi) is 6.31. The summed E-state index contributed by atoms with van der Waals surface area (Å²) in [6.45, 7) is 5.75. The summed E-state index contributed by atoms with van der Waals surface area (Å²) in [5, 5.41) is 6.69. The summed E-state index contributed by atoms with van der Waals surface area (Å²) < 4.78 is 4.84. The smallest absolute Gasteiger partial charge is 0.257 e. The number of hydrogen-bond donors (Lipinski definition) is 0. The van der Waals surface area contributed by atoms with Gasteiger partial charge in [-0.25, -0.2) is 29.9 Å². The van der Waals surface area contributed by atoms with Crippen molar-refractivity contribution in [1.29, 1.82) is 0 Å². The molecular weight excluding hydrogens is 402 g/mol. The minimum Gasteiger partial charge on any atom is -0.336 e. The van der Waals surface area contributed by atoms with Crippen LogP contribution >= 0.6 is 0 Å². The molecule has 158 valence electrons. The zero-order chi connectivity index (χ0) is 22.3. The first-order valence-electron chi connectivity index (χ1n) is 9.99. The lowest BCUT2D eigenvalue weighted by Gasteiger charge is -1.95. The average Bonchev–Trinajstić information content (AvgIpc) is 3.30. The van der Waals surface area contributed by atoms with Crippen molar-refractivity contribution in [2.24, 2.45) is 0 Å². The summed E-state index contributed by atoms with van der Waals surface area (Å²) in [6, 6.07) is 13.7. The molecule has 0 saturated heterocycles. The van der Waals surface area contributed by atoms with E-state index in [0.29, 0.717) is 5.71 Å². The number of aromatic nitrogens is 7. The minimum atomic E-state index is 0.611. The van der Waals surface area contributed by atoms with Crippen LogP contribution < -0.4 is 0 Å². The minimum absolute atomic E-state index is 0.611. The predicted molar refractivity (Wildman–Crippen MR) is 123 cm³/mol. The summed E-state index contributed by atoms with van der Waals surface area (Å²) in [5.41, 5.74) is 3.53. The Hall–Kier alpha value is -4.33. The zero-order valence-corrected chi connectivity index (χ0v) is 18.0. The number of pyridine rings is 2. The third-order valence-corrected chi connectivity index (χ3v) is 4.58. The third kappa shape index (κ3) is 5.04. The normalized spacial score (nSPS) is 10.3. The molecule has 6 rings (SSSR count). The van der Waals surface area contributed by atoms with Crippen molar-refractivity contribution in [3.8, 4) is 0 Å². The molecule has 0 saturated carbocycles. The highest BCUT2D eigenvalue weighted by Crippen LogP contribution is 2.13. The Morgan fingerprint density at radius 1 is 0.656 bits per heavy atom. The molecule has 0 amide bonds. The van der Waals surface area contributed by atoms with Crippen molar-refractivity contribution in [1.82, 2.24) is 35.1 Å². The lowest BCUT2D eigenvalue weighted by molar-refractivity contribution is 0.448. The molecule has 8 nitrogen and oxygen atoms in total. The van der Waals surface area contributed by atoms with Gasteiger partial charge in [0.2, 0.25) is 0 Å². The van der Waals surface area contributed by atoms with Crippen molar-refractivity contribution in [3.05, 3.63) is 90.7 Å². The highest BCUT2D eigenvalue weighted by atomic mass is 16.5. The van der Waals surface area contributed by atoms with Gasteiger partial charge in [-0.3, -0.25) is 0 Å². The van der Waals surface area contributed by atoms with Crippen molar-refractivity contribution in [2.45, 2.75) is 20.8 Å². The highest BCUT2D eigenvalue weighted by molar-refractivity contribution is 5.77. The van der Waals surface area contributed by atoms with E-state index < -0.39 is 0 Å². The van der Waals surface area contributed by atoms with Crippen LogP contribution in [0.15, 0.2) is 78.0 Å². The van der Waals surface area contributed by atoms with E-state index in [1.54, 1.807) is 24.8 Å². The lowest BCUT2D eigenvalue weighted by Crippen LogP contribution is -1.88. The van der Waals surface area contributed by atoms with E-state index in [-0.39, 0.29) is 0 Å². The lowest BCUT2D eigenvalue weighted by atomic mass is 10.2. The van der Waals surface area contributed by atoms with Crippen LogP contribution in [0, 0.1) is 20.8 Å². The Bertz CT molecular complexity index is 1400. The second-order valence-electron chi connectivity index (χ2n) is 6.98. The zero-order valence-electron chi connectivity index (χ0n) is 18.0. The van der Waals surface area contributed by atoms with Gasteiger partial charge in [-0.1, -0.05) is 23.4 Å². The molecule has 8 heteroatoms. The third-order valence-electron chi connectivity index (χ3n) is 4.58. The maximum atomic E-state index is 4.84. The summed E-state index contributed by atoms with van der Waals surface area (Å²) in [5.74, 6) is 1.58. The highest BCUT2D eigenvalue weighted by Gasteiger charge is 1.99. The van der Waals surface area contributed by atoms with Gasteiger partial charge in [-0.15, -0.1) is 0 Å². The molecule has 1 aromatic carbocycles. The van der Waals surface area contributed by atoms with Gasteiger partial charge in [0.25, 0.3) is 5.71 Å². The second-order valence-corrected chi connectivity index (χ2v) is 6.98. The summed E-state index contributed by atoms with van der Waals surface area (Å²) in [6.07, 6.45) is 8.75. The second kappa shape index (κ2) is 9.65. The molecule has 0 radical (unpaired) electrons. The fourth-order valence-electron chi connectivity index (χ4n) is 2.92. The van der Waals surface area contributed by atoms with Crippen LogP contribution in [0.2, 0.25) is 0 Å². The Morgan fingerprint density at radius 3 is 2.25 bits per heavy atom. The quantitative estimate of drug-likeness (QED) is 0.343. The SMILES string of the molecule is Cc1ccnc2oncc12.Cc1ncc2ccccc2n1.Cc1ncc2cccnc2n1. The Labute approximate surface area is 184 Å². The predicted octanol–water partition coefficient (Wildman–Crippen LogP) is 4.80. The molecular formula is C24H21N7O. The largest absolute Gasteiger partial charge is 0.336 e. The molecule has 0 aliphatic rings. The first-order valence-corrected chi connectivity index (χ1v) is 9.99. The van der Waals surface area contributed by atoms with Crippen LogP contribution in [0.5, 0.6) is 0 Å². The van der Waals surface area contributed by atoms with Gasteiger partial charge >= 0.3 is 0 Å². The van der Waals surface area contributed by atoms with E-state index in [0.717, 1.165) is 44.5 Å². The fourth-order valence-corrected chi connectivity index (χ4v) is 2.92. The van der Waals surface area contributed by atoms with Gasteiger partial charge in [0.05, 0.1) is 17.1 Å². The molecule has 0 aliphatic carbocycles. The molecule has 6 aromatic rings. The van der Waals surface area contributed by atoms with Crippen LogP contribution in [0.3, 0.4) is 0 Å². The molecule has 5 heterocycles. The number of nitrogens with zero attached hydrogens (tertiary/aromatic N) is 7. The number of rotatable bonds is 0. The van der Waals surface area contributed by atoms with Crippen LogP contribution in [0.25, 0.3) is 33.0 Å². The van der Waals surface area contributed by atoms with Gasteiger partial charge in [0, 0.05) is 35.6 Å². The van der Waals surface area contributed by atoms with Gasteiger partial charge < -0.3 is 4.52 Å². The number of hydrogen-bond acceptors (Lipinski definition) is 8. The molecule has 0 atom stereocenters.